The molecule has 0 radical (unpaired) electrons. The SMILES string of the molecule is O=C(CSc1nnc(NC2CCCCC2)s1)NC(=O)Nc1ccc2c(c1)OCCO2. The molecule has 1 aliphatic carbocycles. The summed E-state index contributed by atoms with van der Waals surface area (Å²) < 4.78 is 11.6. The molecule has 2 aromatic rings. The van der Waals surface area contributed by atoms with E-state index in [9.17, 15) is 9.59 Å². The molecular formula is C19H23N5O4S2. The van der Waals surface area contributed by atoms with Crippen LogP contribution in [-0.4, -0.2) is 47.1 Å². The van der Waals surface area contributed by atoms with Gasteiger partial charge in [-0.3, -0.25) is 10.1 Å². The number of anilines is 2. The molecule has 0 atom stereocenters. The number of imide groups is 1. The van der Waals surface area contributed by atoms with Crippen molar-refractivity contribution < 1.29 is 19.1 Å². The van der Waals surface area contributed by atoms with Crippen LogP contribution in [0.15, 0.2) is 22.5 Å². The molecule has 1 aromatic carbocycles. The number of nitrogens with zero attached hydrogens (tertiary/aromatic N) is 2. The van der Waals surface area contributed by atoms with E-state index in [0.29, 0.717) is 40.8 Å². The normalized spacial score (nSPS) is 16.0. The van der Waals surface area contributed by atoms with Crippen LogP contribution in [0.3, 0.4) is 0 Å². The Balaban J connectivity index is 1.20. The van der Waals surface area contributed by atoms with Gasteiger partial charge in [-0.2, -0.15) is 0 Å². The summed E-state index contributed by atoms with van der Waals surface area (Å²) in [6, 6.07) is 4.92. The molecule has 3 amide bonds. The van der Waals surface area contributed by atoms with Crippen LogP contribution in [0.25, 0.3) is 0 Å². The summed E-state index contributed by atoms with van der Waals surface area (Å²) in [5.41, 5.74) is 0.514. The monoisotopic (exact) mass is 449 g/mol. The van der Waals surface area contributed by atoms with E-state index in [1.807, 2.05) is 0 Å². The second kappa shape index (κ2) is 9.98. The first-order valence-electron chi connectivity index (χ1n) is 9.89. The molecule has 9 nitrogen and oxygen atoms in total. The highest BCUT2D eigenvalue weighted by molar-refractivity contribution is 8.01. The zero-order valence-electron chi connectivity index (χ0n) is 16.3. The van der Waals surface area contributed by atoms with Crippen molar-refractivity contribution in [2.24, 2.45) is 0 Å². The fourth-order valence-electron chi connectivity index (χ4n) is 3.32. The number of fused-ring (bicyclic) bond motifs is 1. The van der Waals surface area contributed by atoms with Gasteiger partial charge in [-0.15, -0.1) is 10.2 Å². The zero-order chi connectivity index (χ0) is 20.8. The summed E-state index contributed by atoms with van der Waals surface area (Å²) >= 11 is 2.68. The number of carbonyl (C=O) groups excluding carboxylic acids is 2. The van der Waals surface area contributed by atoms with Crippen LogP contribution in [0, 0.1) is 0 Å². The van der Waals surface area contributed by atoms with Crippen LogP contribution in [0.5, 0.6) is 11.5 Å². The smallest absolute Gasteiger partial charge is 0.325 e. The highest BCUT2D eigenvalue weighted by Crippen LogP contribution is 2.32. The Labute approximate surface area is 182 Å². The van der Waals surface area contributed by atoms with E-state index in [1.165, 1.54) is 42.4 Å². The number of amides is 3. The van der Waals surface area contributed by atoms with Gasteiger partial charge < -0.3 is 20.1 Å². The van der Waals surface area contributed by atoms with Crippen molar-refractivity contribution in [3.8, 4) is 11.5 Å². The summed E-state index contributed by atoms with van der Waals surface area (Å²) in [6.45, 7) is 0.959. The molecule has 1 aromatic heterocycles. The average Bonchev–Trinajstić information content (AvgIpc) is 3.20. The van der Waals surface area contributed by atoms with Crippen molar-refractivity contribution in [3.05, 3.63) is 18.2 Å². The van der Waals surface area contributed by atoms with E-state index in [1.54, 1.807) is 18.2 Å². The summed E-state index contributed by atoms with van der Waals surface area (Å²) in [7, 11) is 0. The Bertz CT molecular complexity index is 901. The molecular weight excluding hydrogens is 426 g/mol. The number of nitrogens with one attached hydrogen (secondary N) is 3. The topological polar surface area (TPSA) is 114 Å². The van der Waals surface area contributed by atoms with Gasteiger partial charge in [-0.05, 0) is 25.0 Å². The quantitative estimate of drug-likeness (QED) is 0.574. The van der Waals surface area contributed by atoms with E-state index in [0.717, 1.165) is 18.0 Å². The lowest BCUT2D eigenvalue weighted by molar-refractivity contribution is -0.117. The van der Waals surface area contributed by atoms with Gasteiger partial charge in [-0.25, -0.2) is 4.79 Å². The fraction of sp³-hybridized carbons (Fsp3) is 0.474. The van der Waals surface area contributed by atoms with Gasteiger partial charge in [0.1, 0.15) is 13.2 Å². The number of benzene rings is 1. The molecule has 2 heterocycles. The number of hydrogen-bond donors (Lipinski definition) is 3. The van der Waals surface area contributed by atoms with E-state index < -0.39 is 11.9 Å². The van der Waals surface area contributed by atoms with E-state index >= 15 is 0 Å². The van der Waals surface area contributed by atoms with Crippen LogP contribution in [0.1, 0.15) is 32.1 Å². The van der Waals surface area contributed by atoms with E-state index in [-0.39, 0.29) is 5.75 Å². The molecule has 4 rings (SSSR count). The van der Waals surface area contributed by atoms with Crippen LogP contribution in [0.4, 0.5) is 15.6 Å². The van der Waals surface area contributed by atoms with Gasteiger partial charge in [0.25, 0.3) is 0 Å². The molecule has 1 saturated carbocycles. The van der Waals surface area contributed by atoms with Gasteiger partial charge in [-0.1, -0.05) is 42.4 Å². The first kappa shape index (κ1) is 20.7. The van der Waals surface area contributed by atoms with Crippen molar-refractivity contribution in [2.45, 2.75) is 42.5 Å². The van der Waals surface area contributed by atoms with Gasteiger partial charge in [0.15, 0.2) is 15.8 Å². The number of rotatable bonds is 6. The Kier molecular flexibility index (Phi) is 6.90. The maximum absolute atomic E-state index is 12.1. The Morgan fingerprint density at radius 3 is 2.73 bits per heavy atom. The largest absolute Gasteiger partial charge is 0.486 e. The molecule has 160 valence electrons. The number of carbonyl (C=O) groups is 2. The second-order valence-corrected chi connectivity index (χ2v) is 9.20. The Hall–Kier alpha value is -2.53. The highest BCUT2D eigenvalue weighted by Gasteiger charge is 2.17. The summed E-state index contributed by atoms with van der Waals surface area (Å²) in [6.07, 6.45) is 6.10. The van der Waals surface area contributed by atoms with Crippen LogP contribution < -0.4 is 25.4 Å². The van der Waals surface area contributed by atoms with Crippen molar-refractivity contribution in [1.82, 2.24) is 15.5 Å². The van der Waals surface area contributed by atoms with Crippen LogP contribution >= 0.6 is 23.1 Å². The first-order chi connectivity index (χ1) is 14.7. The molecule has 0 saturated heterocycles. The lowest BCUT2D eigenvalue weighted by Crippen LogP contribution is -2.35. The standard InChI is InChI=1S/C19H23N5O4S2/c25-16(11-29-19-24-23-18(30-19)21-12-4-2-1-3-5-12)22-17(26)20-13-6-7-14-15(10-13)28-9-8-27-14/h6-7,10,12H,1-5,8-9,11H2,(H,21,23)(H2,20,22,25,26). The predicted molar refractivity (Wildman–Crippen MR) is 116 cm³/mol. The van der Waals surface area contributed by atoms with E-state index in [4.69, 9.17) is 9.47 Å². The maximum Gasteiger partial charge on any atom is 0.325 e. The molecule has 0 spiro atoms. The molecule has 0 bridgehead atoms. The minimum absolute atomic E-state index is 0.0760. The molecule has 1 fully saturated rings. The predicted octanol–water partition coefficient (Wildman–Crippen LogP) is 3.49. The number of thioether (sulfide) groups is 1. The summed E-state index contributed by atoms with van der Waals surface area (Å²) in [5, 5.41) is 17.4. The van der Waals surface area contributed by atoms with Gasteiger partial charge in [0.2, 0.25) is 11.0 Å². The first-order valence-corrected chi connectivity index (χ1v) is 11.7. The van der Waals surface area contributed by atoms with Crippen molar-refractivity contribution in [2.75, 3.05) is 29.6 Å². The summed E-state index contributed by atoms with van der Waals surface area (Å²) in [5.74, 6) is 0.864. The number of aromatic nitrogens is 2. The molecule has 11 heteroatoms. The Morgan fingerprint density at radius 2 is 1.90 bits per heavy atom. The van der Waals surface area contributed by atoms with Crippen molar-refractivity contribution >= 4 is 45.9 Å². The zero-order valence-corrected chi connectivity index (χ0v) is 17.9. The Morgan fingerprint density at radius 1 is 1.10 bits per heavy atom. The molecule has 30 heavy (non-hydrogen) atoms. The number of urea groups is 1. The van der Waals surface area contributed by atoms with Crippen LogP contribution in [0.2, 0.25) is 0 Å². The fourth-order valence-corrected chi connectivity index (χ4v) is 4.95. The molecule has 0 unspecified atom stereocenters. The molecule has 2 aliphatic rings. The number of hydrogen-bond acceptors (Lipinski definition) is 9. The molecule has 1 aliphatic heterocycles. The lowest BCUT2D eigenvalue weighted by atomic mass is 9.96. The van der Waals surface area contributed by atoms with Crippen LogP contribution in [-0.2, 0) is 4.79 Å². The van der Waals surface area contributed by atoms with Crippen molar-refractivity contribution in [3.63, 3.8) is 0 Å². The van der Waals surface area contributed by atoms with Gasteiger partial charge >= 0.3 is 6.03 Å². The highest BCUT2D eigenvalue weighted by atomic mass is 32.2. The maximum atomic E-state index is 12.1. The van der Waals surface area contributed by atoms with Gasteiger partial charge in [0.05, 0.1) is 5.75 Å². The minimum atomic E-state index is -0.603. The summed E-state index contributed by atoms with van der Waals surface area (Å²) in [4.78, 5) is 24.1. The third kappa shape index (κ3) is 5.76. The lowest BCUT2D eigenvalue weighted by Gasteiger charge is -2.21. The number of ether oxygens (including phenoxy) is 2. The van der Waals surface area contributed by atoms with E-state index in [2.05, 4.69) is 26.1 Å². The minimum Gasteiger partial charge on any atom is -0.486 e. The third-order valence-corrected chi connectivity index (χ3v) is 6.71. The van der Waals surface area contributed by atoms with Crippen molar-refractivity contribution in [1.29, 1.82) is 0 Å². The average molecular weight is 450 g/mol. The second-order valence-electron chi connectivity index (χ2n) is 7.00. The molecule has 3 N–H and O–H groups in total. The van der Waals surface area contributed by atoms with Gasteiger partial charge in [0, 0.05) is 17.8 Å². The third-order valence-electron chi connectivity index (χ3n) is 4.72.